The van der Waals surface area contributed by atoms with Crippen molar-refractivity contribution in [3.05, 3.63) is 35.4 Å². The lowest BCUT2D eigenvalue weighted by atomic mass is 10.1. The fourth-order valence-corrected chi connectivity index (χ4v) is 1.35. The lowest BCUT2D eigenvalue weighted by Crippen LogP contribution is -2.37. The van der Waals surface area contributed by atoms with E-state index in [0.717, 1.165) is 12.0 Å². The zero-order valence-corrected chi connectivity index (χ0v) is 9.32. The molecule has 3 N–H and O–H groups in total. The molecule has 0 aliphatic carbocycles. The first kappa shape index (κ1) is 12.2. The molecule has 86 valence electrons. The SMILES string of the molecule is CCc1ccc(CCNC(=O)C(N)=O)cc1. The topological polar surface area (TPSA) is 72.2 Å². The van der Waals surface area contributed by atoms with E-state index in [-0.39, 0.29) is 0 Å². The van der Waals surface area contributed by atoms with E-state index < -0.39 is 11.8 Å². The van der Waals surface area contributed by atoms with Crippen LogP contribution >= 0.6 is 0 Å². The normalized spacial score (nSPS) is 9.81. The summed E-state index contributed by atoms with van der Waals surface area (Å²) in [6, 6.07) is 8.17. The number of aryl methyl sites for hydroxylation is 1. The minimum Gasteiger partial charge on any atom is -0.361 e. The van der Waals surface area contributed by atoms with E-state index in [1.54, 1.807) is 0 Å². The van der Waals surface area contributed by atoms with E-state index in [1.807, 2.05) is 12.1 Å². The maximum atomic E-state index is 10.8. The molecule has 0 spiro atoms. The second kappa shape index (κ2) is 5.90. The first-order valence-electron chi connectivity index (χ1n) is 5.29. The van der Waals surface area contributed by atoms with Gasteiger partial charge in [-0.05, 0) is 24.0 Å². The van der Waals surface area contributed by atoms with E-state index in [4.69, 9.17) is 5.73 Å². The average molecular weight is 220 g/mol. The smallest absolute Gasteiger partial charge is 0.309 e. The van der Waals surface area contributed by atoms with Crippen molar-refractivity contribution in [3.8, 4) is 0 Å². The Morgan fingerprint density at radius 2 is 1.75 bits per heavy atom. The van der Waals surface area contributed by atoms with Crippen LogP contribution in [0.25, 0.3) is 0 Å². The van der Waals surface area contributed by atoms with Crippen molar-refractivity contribution in [1.29, 1.82) is 0 Å². The van der Waals surface area contributed by atoms with Crippen LogP contribution in [0.2, 0.25) is 0 Å². The maximum Gasteiger partial charge on any atom is 0.309 e. The number of hydrogen-bond donors (Lipinski definition) is 2. The highest BCUT2D eigenvalue weighted by Crippen LogP contribution is 2.05. The first-order chi connectivity index (χ1) is 7.63. The molecule has 0 saturated heterocycles. The molecular formula is C12H16N2O2. The molecule has 0 aliphatic heterocycles. The summed E-state index contributed by atoms with van der Waals surface area (Å²) < 4.78 is 0. The van der Waals surface area contributed by atoms with Gasteiger partial charge < -0.3 is 11.1 Å². The molecule has 0 bridgehead atoms. The van der Waals surface area contributed by atoms with Crippen LogP contribution in [0.4, 0.5) is 0 Å². The molecule has 1 aromatic carbocycles. The summed E-state index contributed by atoms with van der Waals surface area (Å²) in [5, 5.41) is 2.45. The van der Waals surface area contributed by atoms with Crippen molar-refractivity contribution in [2.45, 2.75) is 19.8 Å². The molecular weight excluding hydrogens is 204 g/mol. The zero-order chi connectivity index (χ0) is 12.0. The Balaban J connectivity index is 2.37. The summed E-state index contributed by atoms with van der Waals surface area (Å²) in [7, 11) is 0. The summed E-state index contributed by atoms with van der Waals surface area (Å²) in [6.07, 6.45) is 1.71. The number of carbonyl (C=O) groups is 2. The molecule has 0 atom stereocenters. The molecule has 0 aromatic heterocycles. The fourth-order valence-electron chi connectivity index (χ4n) is 1.35. The van der Waals surface area contributed by atoms with Crippen LogP contribution in [0.15, 0.2) is 24.3 Å². The second-order valence-electron chi connectivity index (χ2n) is 3.54. The highest BCUT2D eigenvalue weighted by molar-refractivity contribution is 6.34. The van der Waals surface area contributed by atoms with E-state index in [2.05, 4.69) is 24.4 Å². The predicted octanol–water partition coefficient (Wildman–Crippen LogP) is 0.393. The zero-order valence-electron chi connectivity index (χ0n) is 9.32. The number of benzene rings is 1. The summed E-state index contributed by atoms with van der Waals surface area (Å²) in [4.78, 5) is 21.3. The average Bonchev–Trinajstić information content (AvgIpc) is 2.29. The van der Waals surface area contributed by atoms with E-state index >= 15 is 0 Å². The number of amides is 2. The third-order valence-electron chi connectivity index (χ3n) is 2.35. The van der Waals surface area contributed by atoms with Crippen LogP contribution in [-0.4, -0.2) is 18.4 Å². The largest absolute Gasteiger partial charge is 0.361 e. The summed E-state index contributed by atoms with van der Waals surface area (Å²) in [5.74, 6) is -1.67. The molecule has 1 rings (SSSR count). The molecule has 0 unspecified atom stereocenters. The summed E-state index contributed by atoms with van der Waals surface area (Å²) in [6.45, 7) is 2.52. The predicted molar refractivity (Wildman–Crippen MR) is 61.7 cm³/mol. The standard InChI is InChI=1S/C12H16N2O2/c1-2-9-3-5-10(6-4-9)7-8-14-12(16)11(13)15/h3-6H,2,7-8H2,1H3,(H2,13,15)(H,14,16). The minimum atomic E-state index is -0.943. The Hall–Kier alpha value is -1.84. The van der Waals surface area contributed by atoms with Gasteiger partial charge in [-0.2, -0.15) is 0 Å². The Kier molecular flexibility index (Phi) is 4.51. The van der Waals surface area contributed by atoms with Crippen LogP contribution < -0.4 is 11.1 Å². The van der Waals surface area contributed by atoms with Crippen LogP contribution in [0, 0.1) is 0 Å². The highest BCUT2D eigenvalue weighted by Gasteiger charge is 2.06. The highest BCUT2D eigenvalue weighted by atomic mass is 16.2. The second-order valence-corrected chi connectivity index (χ2v) is 3.54. The van der Waals surface area contributed by atoms with Gasteiger partial charge in [-0.1, -0.05) is 31.2 Å². The molecule has 0 heterocycles. The molecule has 0 fully saturated rings. The van der Waals surface area contributed by atoms with Gasteiger partial charge in [-0.3, -0.25) is 9.59 Å². The van der Waals surface area contributed by atoms with Gasteiger partial charge in [0.2, 0.25) is 0 Å². The van der Waals surface area contributed by atoms with Crippen LogP contribution in [0.3, 0.4) is 0 Å². The summed E-state index contributed by atoms with van der Waals surface area (Å²) in [5.41, 5.74) is 7.21. The van der Waals surface area contributed by atoms with Crippen LogP contribution in [0.1, 0.15) is 18.1 Å². The molecule has 16 heavy (non-hydrogen) atoms. The monoisotopic (exact) mass is 220 g/mol. The van der Waals surface area contributed by atoms with Crippen molar-refractivity contribution < 1.29 is 9.59 Å². The molecule has 0 saturated carbocycles. The third-order valence-corrected chi connectivity index (χ3v) is 2.35. The van der Waals surface area contributed by atoms with Gasteiger partial charge in [0.05, 0.1) is 0 Å². The molecule has 4 heteroatoms. The van der Waals surface area contributed by atoms with Gasteiger partial charge in [-0.15, -0.1) is 0 Å². The number of primary amides is 1. The van der Waals surface area contributed by atoms with Crippen molar-refractivity contribution in [2.24, 2.45) is 5.73 Å². The van der Waals surface area contributed by atoms with Gasteiger partial charge in [-0.25, -0.2) is 0 Å². The van der Waals surface area contributed by atoms with Crippen molar-refractivity contribution >= 4 is 11.8 Å². The quantitative estimate of drug-likeness (QED) is 0.721. The van der Waals surface area contributed by atoms with Gasteiger partial charge in [0.15, 0.2) is 0 Å². The number of hydrogen-bond acceptors (Lipinski definition) is 2. The van der Waals surface area contributed by atoms with Crippen molar-refractivity contribution in [1.82, 2.24) is 5.32 Å². The maximum absolute atomic E-state index is 10.8. The Labute approximate surface area is 94.8 Å². The molecule has 1 aromatic rings. The van der Waals surface area contributed by atoms with Crippen molar-refractivity contribution in [2.75, 3.05) is 6.54 Å². The van der Waals surface area contributed by atoms with Gasteiger partial charge in [0.25, 0.3) is 0 Å². The minimum absolute atomic E-state index is 0.424. The Bertz CT molecular complexity index is 371. The van der Waals surface area contributed by atoms with E-state index in [1.165, 1.54) is 5.56 Å². The van der Waals surface area contributed by atoms with Crippen LogP contribution in [-0.2, 0) is 22.4 Å². The Morgan fingerprint density at radius 3 is 2.25 bits per heavy atom. The van der Waals surface area contributed by atoms with E-state index in [9.17, 15) is 9.59 Å². The molecule has 0 radical (unpaired) electrons. The number of nitrogens with one attached hydrogen (secondary N) is 1. The molecule has 2 amide bonds. The molecule has 0 aliphatic rings. The van der Waals surface area contributed by atoms with Gasteiger partial charge in [0, 0.05) is 6.54 Å². The van der Waals surface area contributed by atoms with Gasteiger partial charge in [0.1, 0.15) is 0 Å². The lowest BCUT2D eigenvalue weighted by Gasteiger charge is -2.04. The van der Waals surface area contributed by atoms with E-state index in [0.29, 0.717) is 13.0 Å². The van der Waals surface area contributed by atoms with Crippen molar-refractivity contribution in [3.63, 3.8) is 0 Å². The lowest BCUT2D eigenvalue weighted by molar-refractivity contribution is -0.137. The fraction of sp³-hybridized carbons (Fsp3) is 0.333. The Morgan fingerprint density at radius 1 is 1.19 bits per heavy atom. The third kappa shape index (κ3) is 3.73. The first-order valence-corrected chi connectivity index (χ1v) is 5.29. The number of carbonyl (C=O) groups excluding carboxylic acids is 2. The number of nitrogens with two attached hydrogens (primary N) is 1. The summed E-state index contributed by atoms with van der Waals surface area (Å²) >= 11 is 0. The van der Waals surface area contributed by atoms with Gasteiger partial charge >= 0.3 is 11.8 Å². The van der Waals surface area contributed by atoms with Crippen LogP contribution in [0.5, 0.6) is 0 Å². The molecule has 4 nitrogen and oxygen atoms in total. The number of rotatable bonds is 4.